The van der Waals surface area contributed by atoms with Crippen LogP contribution in [0.15, 0.2) is 78.9 Å². The zero-order valence-corrected chi connectivity index (χ0v) is 17.0. The number of rotatable bonds is 7. The normalized spacial score (nSPS) is 14.4. The fourth-order valence-electron chi connectivity index (χ4n) is 3.67. The van der Waals surface area contributed by atoms with Gasteiger partial charge in [0.1, 0.15) is 11.6 Å². The Hall–Kier alpha value is -3.67. The van der Waals surface area contributed by atoms with Crippen molar-refractivity contribution in [1.82, 2.24) is 5.32 Å². The van der Waals surface area contributed by atoms with Crippen LogP contribution < -0.4 is 15.0 Å². The summed E-state index contributed by atoms with van der Waals surface area (Å²) in [6.07, 6.45) is 1.40. The molecule has 1 unspecified atom stereocenters. The van der Waals surface area contributed by atoms with Gasteiger partial charge in [-0.15, -0.1) is 0 Å². The smallest absolute Gasteiger partial charge is 0.258 e. The predicted octanol–water partition coefficient (Wildman–Crippen LogP) is 4.24. The Morgan fingerprint density at radius 1 is 1.00 bits per heavy atom. The van der Waals surface area contributed by atoms with Crippen LogP contribution in [0.1, 0.15) is 30.0 Å². The van der Waals surface area contributed by atoms with E-state index in [2.05, 4.69) is 5.32 Å². The van der Waals surface area contributed by atoms with E-state index in [9.17, 15) is 14.0 Å². The van der Waals surface area contributed by atoms with Crippen LogP contribution in [0.5, 0.6) is 5.75 Å². The van der Waals surface area contributed by atoms with Crippen molar-refractivity contribution in [3.63, 3.8) is 0 Å². The second-order valence-electron chi connectivity index (χ2n) is 7.40. The number of carbonyl (C=O) groups excluding carboxylic acids is 2. The molecular weight excluding hydrogens is 395 g/mol. The van der Waals surface area contributed by atoms with Gasteiger partial charge in [0.25, 0.3) is 5.91 Å². The van der Waals surface area contributed by atoms with Gasteiger partial charge >= 0.3 is 0 Å². The molecule has 1 aliphatic heterocycles. The quantitative estimate of drug-likeness (QED) is 0.625. The first kappa shape index (κ1) is 20.6. The largest absolute Gasteiger partial charge is 0.484 e. The molecule has 1 heterocycles. The highest BCUT2D eigenvalue weighted by Gasteiger charge is 2.22. The number of carbonyl (C=O) groups is 2. The molecule has 0 spiro atoms. The highest BCUT2D eigenvalue weighted by Crippen LogP contribution is 2.26. The van der Waals surface area contributed by atoms with Gasteiger partial charge in [-0.1, -0.05) is 48.5 Å². The third-order valence-corrected chi connectivity index (χ3v) is 5.21. The molecule has 1 N–H and O–H groups in total. The minimum atomic E-state index is -0.425. The van der Waals surface area contributed by atoms with Gasteiger partial charge in [0.15, 0.2) is 6.61 Å². The van der Waals surface area contributed by atoms with Crippen LogP contribution >= 0.6 is 0 Å². The highest BCUT2D eigenvalue weighted by molar-refractivity contribution is 5.95. The van der Waals surface area contributed by atoms with Crippen LogP contribution in [0.25, 0.3) is 0 Å². The molecule has 3 aromatic rings. The molecule has 3 aromatic carbocycles. The first-order chi connectivity index (χ1) is 15.1. The zero-order chi connectivity index (χ0) is 21.6. The van der Waals surface area contributed by atoms with Gasteiger partial charge in [-0.05, 0) is 41.8 Å². The Morgan fingerprint density at radius 2 is 1.74 bits per heavy atom. The minimum Gasteiger partial charge on any atom is -0.484 e. The van der Waals surface area contributed by atoms with E-state index in [-0.39, 0.29) is 24.2 Å². The van der Waals surface area contributed by atoms with Gasteiger partial charge in [0, 0.05) is 24.7 Å². The Labute approximate surface area is 180 Å². The summed E-state index contributed by atoms with van der Waals surface area (Å²) in [5, 5.41) is 2.97. The van der Waals surface area contributed by atoms with Crippen molar-refractivity contribution in [2.75, 3.05) is 18.1 Å². The summed E-state index contributed by atoms with van der Waals surface area (Å²) in [7, 11) is 0. The number of nitrogens with zero attached hydrogens (tertiary/aromatic N) is 1. The molecule has 4 rings (SSSR count). The van der Waals surface area contributed by atoms with Crippen molar-refractivity contribution in [2.24, 2.45) is 0 Å². The van der Waals surface area contributed by atoms with Crippen molar-refractivity contribution in [3.05, 3.63) is 95.8 Å². The third kappa shape index (κ3) is 5.09. The number of hydrogen-bond acceptors (Lipinski definition) is 3. The molecule has 1 atom stereocenters. The maximum absolute atomic E-state index is 13.4. The lowest BCUT2D eigenvalue weighted by molar-refractivity contribution is -0.123. The summed E-state index contributed by atoms with van der Waals surface area (Å²) >= 11 is 0. The summed E-state index contributed by atoms with van der Waals surface area (Å²) in [6, 6.07) is 22.3. The van der Waals surface area contributed by atoms with Gasteiger partial charge in [0.2, 0.25) is 5.91 Å². The fraction of sp³-hybridized carbons (Fsp3) is 0.200. The third-order valence-electron chi connectivity index (χ3n) is 5.21. The number of amides is 2. The zero-order valence-electron chi connectivity index (χ0n) is 17.0. The summed E-state index contributed by atoms with van der Waals surface area (Å²) in [5.41, 5.74) is 2.43. The summed E-state index contributed by atoms with van der Waals surface area (Å²) in [4.78, 5) is 26.3. The van der Waals surface area contributed by atoms with Gasteiger partial charge in [-0.2, -0.15) is 0 Å². The van der Waals surface area contributed by atoms with Gasteiger partial charge in [-0.3, -0.25) is 9.59 Å². The molecular formula is C25H23FN2O3. The molecule has 158 valence electrons. The van der Waals surface area contributed by atoms with Gasteiger partial charge in [0.05, 0.1) is 6.04 Å². The first-order valence-corrected chi connectivity index (χ1v) is 10.2. The number of benzene rings is 3. The number of anilines is 1. The molecule has 0 saturated carbocycles. The standard InChI is InChI=1S/C25H23FN2O3/c26-20-13-11-19(12-14-20)25(18-6-2-1-3-7-18)27-23(29)17-31-22-9-4-8-21(16-22)28-15-5-10-24(28)30/h1-4,6-9,11-14,16,25H,5,10,15,17H2,(H,27,29). The molecule has 2 amide bonds. The molecule has 1 aliphatic rings. The number of halogens is 1. The van der Waals surface area contributed by atoms with Gasteiger partial charge < -0.3 is 15.0 Å². The topological polar surface area (TPSA) is 58.6 Å². The lowest BCUT2D eigenvalue weighted by Gasteiger charge is -2.20. The molecule has 6 heteroatoms. The van der Waals surface area contributed by atoms with Crippen LogP contribution in [-0.4, -0.2) is 25.0 Å². The fourth-order valence-corrected chi connectivity index (χ4v) is 3.67. The Balaban J connectivity index is 1.44. The Morgan fingerprint density at radius 3 is 2.45 bits per heavy atom. The molecule has 0 bridgehead atoms. The van der Waals surface area contributed by atoms with E-state index in [1.807, 2.05) is 36.4 Å². The predicted molar refractivity (Wildman–Crippen MR) is 116 cm³/mol. The van der Waals surface area contributed by atoms with E-state index in [0.29, 0.717) is 18.7 Å². The van der Waals surface area contributed by atoms with Crippen LogP contribution in [0.3, 0.4) is 0 Å². The summed E-state index contributed by atoms with van der Waals surface area (Å²) in [6.45, 7) is 0.515. The summed E-state index contributed by atoms with van der Waals surface area (Å²) in [5.74, 6) is -0.0206. The lowest BCUT2D eigenvalue weighted by atomic mass is 9.98. The SMILES string of the molecule is O=C(COc1cccc(N2CCCC2=O)c1)NC(c1ccccc1)c1ccc(F)cc1. The van der Waals surface area contributed by atoms with Gasteiger partial charge in [-0.25, -0.2) is 4.39 Å². The van der Waals surface area contributed by atoms with Crippen molar-refractivity contribution in [2.45, 2.75) is 18.9 Å². The monoisotopic (exact) mass is 418 g/mol. The van der Waals surface area contributed by atoms with Crippen molar-refractivity contribution < 1.29 is 18.7 Å². The van der Waals surface area contributed by atoms with E-state index >= 15 is 0 Å². The maximum Gasteiger partial charge on any atom is 0.258 e. The lowest BCUT2D eigenvalue weighted by Crippen LogP contribution is -2.33. The number of nitrogens with one attached hydrogen (secondary N) is 1. The minimum absolute atomic E-state index is 0.0971. The molecule has 1 fully saturated rings. The highest BCUT2D eigenvalue weighted by atomic mass is 19.1. The van der Waals surface area contributed by atoms with Crippen LogP contribution in [0, 0.1) is 5.82 Å². The average molecular weight is 418 g/mol. The second-order valence-corrected chi connectivity index (χ2v) is 7.40. The van der Waals surface area contributed by atoms with E-state index in [1.54, 1.807) is 35.2 Å². The van der Waals surface area contributed by atoms with Crippen LogP contribution in [0.2, 0.25) is 0 Å². The van der Waals surface area contributed by atoms with Crippen molar-refractivity contribution in [3.8, 4) is 5.75 Å². The van der Waals surface area contributed by atoms with Crippen LogP contribution in [-0.2, 0) is 9.59 Å². The number of ether oxygens (including phenoxy) is 1. The molecule has 0 aliphatic carbocycles. The van der Waals surface area contributed by atoms with Crippen molar-refractivity contribution in [1.29, 1.82) is 0 Å². The average Bonchev–Trinajstić information content (AvgIpc) is 3.23. The number of hydrogen-bond donors (Lipinski definition) is 1. The molecule has 1 saturated heterocycles. The van der Waals surface area contributed by atoms with Crippen molar-refractivity contribution >= 4 is 17.5 Å². The maximum atomic E-state index is 13.4. The van der Waals surface area contributed by atoms with E-state index in [0.717, 1.165) is 23.2 Å². The first-order valence-electron chi connectivity index (χ1n) is 10.2. The molecule has 31 heavy (non-hydrogen) atoms. The van der Waals surface area contributed by atoms with E-state index in [4.69, 9.17) is 4.74 Å². The molecule has 0 radical (unpaired) electrons. The molecule has 5 nitrogen and oxygen atoms in total. The van der Waals surface area contributed by atoms with Crippen LogP contribution in [0.4, 0.5) is 10.1 Å². The Kier molecular flexibility index (Phi) is 6.26. The molecule has 0 aromatic heterocycles. The van der Waals surface area contributed by atoms with E-state index < -0.39 is 6.04 Å². The van der Waals surface area contributed by atoms with E-state index in [1.165, 1.54) is 12.1 Å². The Bertz CT molecular complexity index is 1050. The summed E-state index contributed by atoms with van der Waals surface area (Å²) < 4.78 is 19.0. The second kappa shape index (κ2) is 9.43.